The van der Waals surface area contributed by atoms with Gasteiger partial charge in [0.1, 0.15) is 0 Å². The smallest absolute Gasteiger partial charge is 0.458 e. The van der Waals surface area contributed by atoms with Gasteiger partial charge in [-0.05, 0) is 6.07 Å². The minimum atomic E-state index is -0.353. The fourth-order valence-corrected chi connectivity index (χ4v) is 1.11. The number of hydrogen-bond donors (Lipinski definition) is 1. The molecule has 0 radical (unpaired) electrons. The van der Waals surface area contributed by atoms with Crippen LogP contribution in [0, 0.1) is 10.4 Å². The van der Waals surface area contributed by atoms with Gasteiger partial charge in [0.2, 0.25) is 5.10 Å². The Morgan fingerprint density at radius 3 is 2.62 bits per heavy atom. The fraction of sp³-hybridized carbons (Fsp3) is 0. The van der Waals surface area contributed by atoms with Gasteiger partial charge in [0, 0.05) is 10.9 Å². The van der Waals surface area contributed by atoms with Crippen LogP contribution in [0.1, 0.15) is 0 Å². The van der Waals surface area contributed by atoms with Crippen molar-refractivity contribution in [2.45, 2.75) is 0 Å². The summed E-state index contributed by atoms with van der Waals surface area (Å²) in [6.07, 6.45) is 0. The molecule has 13 heavy (non-hydrogen) atoms. The Hall–Kier alpha value is -2.11. The van der Waals surface area contributed by atoms with Crippen molar-refractivity contribution >= 4 is 17.0 Å². The average Bonchev–Trinajstić information content (AvgIpc) is 2.15. The predicted octanol–water partition coefficient (Wildman–Crippen LogP) is -0.916. The highest BCUT2D eigenvalue weighted by Crippen LogP contribution is 2.03. The van der Waals surface area contributed by atoms with Gasteiger partial charge in [-0.3, -0.25) is 5.73 Å². The van der Waals surface area contributed by atoms with E-state index in [4.69, 9.17) is 5.73 Å². The molecule has 0 aliphatic rings. The lowest BCUT2D eigenvalue weighted by molar-refractivity contribution is -0.672. The quantitative estimate of drug-likeness (QED) is 0.322. The van der Waals surface area contributed by atoms with E-state index in [2.05, 4.69) is 5.10 Å². The molecular formula is C7H6N4O2. The van der Waals surface area contributed by atoms with Gasteiger partial charge in [-0.15, -0.1) is 0 Å². The molecule has 6 heteroatoms. The van der Waals surface area contributed by atoms with Gasteiger partial charge in [0.25, 0.3) is 5.52 Å². The number of benzene rings is 1. The van der Waals surface area contributed by atoms with Crippen LogP contribution in [0.15, 0.2) is 24.3 Å². The summed E-state index contributed by atoms with van der Waals surface area (Å²) in [6, 6.07) is 6.31. The summed E-state index contributed by atoms with van der Waals surface area (Å²) in [6.45, 7) is 0. The summed E-state index contributed by atoms with van der Waals surface area (Å²) in [7, 11) is 0. The zero-order chi connectivity index (χ0) is 9.42. The molecule has 0 unspecified atom stereocenters. The highest BCUT2D eigenvalue weighted by atomic mass is 18.2. The van der Waals surface area contributed by atoms with Gasteiger partial charge in [0.15, 0.2) is 5.52 Å². The Morgan fingerprint density at radius 1 is 1.31 bits per heavy atom. The Balaban J connectivity index is 2.97. The molecule has 0 aliphatic carbocycles. The van der Waals surface area contributed by atoms with Crippen molar-refractivity contribution in [3.63, 3.8) is 0 Å². The standard InChI is InChI=1S/C7H6N4O2/c8-7-9-11(13)6-4-2-1-3-5(6)10(7)12/h1-4H,(H2,8,9)/i12+2. The van der Waals surface area contributed by atoms with Crippen LogP contribution in [0.3, 0.4) is 0 Å². The van der Waals surface area contributed by atoms with E-state index in [1.165, 1.54) is 12.1 Å². The second-order valence-electron chi connectivity index (χ2n) is 2.51. The molecule has 0 aliphatic heterocycles. The highest BCUT2D eigenvalue weighted by molar-refractivity contribution is 5.67. The summed E-state index contributed by atoms with van der Waals surface area (Å²) in [5, 5.41) is 25.7. The van der Waals surface area contributed by atoms with Crippen molar-refractivity contribution in [3.8, 4) is 0 Å². The van der Waals surface area contributed by atoms with Gasteiger partial charge in [-0.2, -0.15) is 0 Å². The first-order valence-corrected chi connectivity index (χ1v) is 3.58. The van der Waals surface area contributed by atoms with E-state index in [9.17, 15) is 10.4 Å². The van der Waals surface area contributed by atoms with Gasteiger partial charge in [-0.25, -0.2) is 4.73 Å². The first kappa shape index (κ1) is 7.53. The van der Waals surface area contributed by atoms with Crippen molar-refractivity contribution < 1.29 is 9.58 Å². The van der Waals surface area contributed by atoms with E-state index in [0.29, 0.717) is 9.58 Å². The number of para-hydroxylation sites is 2. The van der Waals surface area contributed by atoms with Gasteiger partial charge < -0.3 is 10.4 Å². The van der Waals surface area contributed by atoms with Crippen LogP contribution in [0.4, 0.5) is 5.95 Å². The van der Waals surface area contributed by atoms with E-state index in [1.54, 1.807) is 12.1 Å². The largest absolute Gasteiger partial charge is 0.739 e. The van der Waals surface area contributed by atoms with Crippen LogP contribution < -0.4 is 15.3 Å². The lowest BCUT2D eigenvalue weighted by atomic mass is 10.3. The Bertz CT molecular complexity index is 471. The molecule has 2 rings (SSSR count). The molecule has 1 aromatic carbocycles. The minimum absolute atomic E-state index is 0.201. The highest BCUT2D eigenvalue weighted by Gasteiger charge is 2.15. The Morgan fingerprint density at radius 2 is 1.92 bits per heavy atom. The zero-order valence-electron chi connectivity index (χ0n) is 6.54. The van der Waals surface area contributed by atoms with Crippen molar-refractivity contribution in [2.24, 2.45) is 0 Å². The molecule has 1 aromatic heterocycles. The lowest BCUT2D eigenvalue weighted by Gasteiger charge is -2.05. The summed E-state index contributed by atoms with van der Waals surface area (Å²) in [5.41, 5.74) is 5.62. The minimum Gasteiger partial charge on any atom is -0.739 e. The van der Waals surface area contributed by atoms with E-state index in [-0.39, 0.29) is 17.0 Å². The van der Waals surface area contributed by atoms with Crippen molar-refractivity contribution in [2.75, 3.05) is 5.73 Å². The van der Waals surface area contributed by atoms with E-state index >= 15 is 0 Å². The summed E-state index contributed by atoms with van der Waals surface area (Å²) >= 11 is 0. The molecular weight excluding hydrogens is 174 g/mol. The number of fused-ring (bicyclic) bond motifs is 1. The number of nitrogens with two attached hydrogens (primary N) is 1. The predicted molar refractivity (Wildman–Crippen MR) is 44.1 cm³/mol. The van der Waals surface area contributed by atoms with E-state index in [0.717, 1.165) is 0 Å². The van der Waals surface area contributed by atoms with Gasteiger partial charge in [-0.1, -0.05) is 12.1 Å². The number of nitrogen functional groups attached to an aromatic ring is 1. The SMILES string of the molecule is Nc1n[n+]([O-])c2ccccc2[n+]1[18O-]. The van der Waals surface area contributed by atoms with Crippen LogP contribution in [-0.2, 0) is 0 Å². The Kier molecular flexibility index (Phi) is 1.42. The summed E-state index contributed by atoms with van der Waals surface area (Å²) < 4.78 is 0.420. The third-order valence-electron chi connectivity index (χ3n) is 1.71. The van der Waals surface area contributed by atoms with Crippen LogP contribution in [0.2, 0.25) is 0 Å². The maximum Gasteiger partial charge on any atom is 0.458 e. The maximum absolute atomic E-state index is 11.3. The Labute approximate surface area is 73.0 Å². The molecule has 0 fully saturated rings. The number of hydrogen-bond acceptors (Lipinski definition) is 4. The monoisotopic (exact) mass is 180 g/mol. The first-order valence-electron chi connectivity index (χ1n) is 3.58. The fourth-order valence-electron chi connectivity index (χ4n) is 1.11. The maximum atomic E-state index is 11.3. The average molecular weight is 180 g/mol. The molecule has 0 bridgehead atoms. The molecule has 66 valence electrons. The van der Waals surface area contributed by atoms with Gasteiger partial charge >= 0.3 is 5.95 Å². The van der Waals surface area contributed by atoms with Crippen molar-refractivity contribution in [1.82, 2.24) is 5.10 Å². The van der Waals surface area contributed by atoms with Gasteiger partial charge in [0.05, 0.1) is 0 Å². The third-order valence-corrected chi connectivity index (χ3v) is 1.71. The third kappa shape index (κ3) is 0.994. The molecule has 2 aromatic rings. The first-order chi connectivity index (χ1) is 6.20. The molecule has 6 nitrogen and oxygen atoms in total. The van der Waals surface area contributed by atoms with Crippen LogP contribution in [-0.4, -0.2) is 5.10 Å². The van der Waals surface area contributed by atoms with Crippen molar-refractivity contribution in [3.05, 3.63) is 34.7 Å². The number of rotatable bonds is 0. The van der Waals surface area contributed by atoms with Crippen LogP contribution >= 0.6 is 0 Å². The molecule has 0 saturated carbocycles. The number of nitrogens with zero attached hydrogens (tertiary/aromatic N) is 3. The second-order valence-corrected chi connectivity index (χ2v) is 2.51. The zero-order valence-corrected chi connectivity index (χ0v) is 6.54. The summed E-state index contributed by atoms with van der Waals surface area (Å²) in [5.74, 6) is -0.353. The molecule has 2 N–H and O–H groups in total. The second kappa shape index (κ2) is 2.44. The van der Waals surface area contributed by atoms with E-state index in [1.807, 2.05) is 0 Å². The normalized spacial score (nSPS) is 10.5. The topological polar surface area (TPSA) is 92.8 Å². The molecule has 0 atom stereocenters. The van der Waals surface area contributed by atoms with Crippen molar-refractivity contribution in [1.29, 1.82) is 0 Å². The molecule has 1 heterocycles. The number of anilines is 1. The van der Waals surface area contributed by atoms with Crippen LogP contribution in [0.5, 0.6) is 0 Å². The summed E-state index contributed by atoms with van der Waals surface area (Å²) in [4.78, 5) is 0.332. The molecule has 0 saturated heterocycles. The lowest BCUT2D eigenvalue weighted by Crippen LogP contribution is -2.44. The van der Waals surface area contributed by atoms with E-state index < -0.39 is 0 Å². The molecule has 0 amide bonds. The number of aromatic nitrogens is 3. The van der Waals surface area contributed by atoms with Crippen LogP contribution in [0.25, 0.3) is 11.0 Å². The molecule has 0 spiro atoms.